The van der Waals surface area contributed by atoms with Crippen molar-refractivity contribution in [1.29, 1.82) is 0 Å². The molecule has 0 aliphatic carbocycles. The fraction of sp³-hybridized carbons (Fsp3) is 0.471. The summed E-state index contributed by atoms with van der Waals surface area (Å²) < 4.78 is 27.7. The molecule has 1 aromatic heterocycles. The number of carbonyl (C=O) groups is 1. The summed E-state index contributed by atoms with van der Waals surface area (Å²) in [4.78, 5) is 14.7. The SMILES string of the molecule is CCN(CC)S(=O)(=O)c1ccc2c(c1)CCCN2C(=O)CSc1nncs1. The van der Waals surface area contributed by atoms with Crippen LogP contribution >= 0.6 is 23.1 Å². The largest absolute Gasteiger partial charge is 0.311 e. The number of thioether (sulfide) groups is 1. The van der Waals surface area contributed by atoms with Gasteiger partial charge in [-0.3, -0.25) is 4.79 Å². The normalized spacial score (nSPS) is 14.4. The van der Waals surface area contributed by atoms with Crippen molar-refractivity contribution >= 4 is 44.7 Å². The first kappa shape index (κ1) is 20.2. The summed E-state index contributed by atoms with van der Waals surface area (Å²) in [5.74, 6) is 0.282. The molecule has 1 aliphatic heterocycles. The zero-order valence-corrected chi connectivity index (χ0v) is 17.7. The number of aryl methyl sites for hydroxylation is 1. The third-order valence-electron chi connectivity index (χ3n) is 4.47. The number of anilines is 1. The highest BCUT2D eigenvalue weighted by Crippen LogP contribution is 2.31. The van der Waals surface area contributed by atoms with Gasteiger partial charge in [0.25, 0.3) is 0 Å². The minimum absolute atomic E-state index is 0.00417. The number of rotatable bonds is 7. The molecule has 1 amide bonds. The fourth-order valence-electron chi connectivity index (χ4n) is 3.13. The van der Waals surface area contributed by atoms with Gasteiger partial charge in [0.2, 0.25) is 15.9 Å². The zero-order chi connectivity index (χ0) is 19.4. The molecule has 0 saturated carbocycles. The van der Waals surface area contributed by atoms with Crippen molar-refractivity contribution in [3.63, 3.8) is 0 Å². The van der Waals surface area contributed by atoms with Crippen LogP contribution in [-0.4, -0.2) is 54.2 Å². The number of aromatic nitrogens is 2. The molecule has 0 bridgehead atoms. The minimum atomic E-state index is -3.50. The number of amides is 1. The van der Waals surface area contributed by atoms with Crippen LogP contribution < -0.4 is 4.90 Å². The summed E-state index contributed by atoms with van der Waals surface area (Å²) >= 11 is 2.78. The maximum atomic E-state index is 12.8. The molecular formula is C17H22N4O3S3. The molecule has 7 nitrogen and oxygen atoms in total. The second-order valence-corrected chi connectivity index (χ2v) is 10.0. The van der Waals surface area contributed by atoms with Crippen molar-refractivity contribution in [2.75, 3.05) is 30.3 Å². The molecule has 146 valence electrons. The van der Waals surface area contributed by atoms with E-state index in [1.165, 1.54) is 27.4 Å². The Balaban J connectivity index is 1.81. The first-order chi connectivity index (χ1) is 13.0. The van der Waals surface area contributed by atoms with E-state index < -0.39 is 10.0 Å². The molecule has 2 heterocycles. The number of carbonyl (C=O) groups excluding carboxylic acids is 1. The Hall–Kier alpha value is -1.49. The third kappa shape index (κ3) is 4.34. The van der Waals surface area contributed by atoms with Gasteiger partial charge in [-0.05, 0) is 36.6 Å². The quantitative estimate of drug-likeness (QED) is 0.633. The number of nitrogens with zero attached hydrogens (tertiary/aromatic N) is 4. The van der Waals surface area contributed by atoms with E-state index in [9.17, 15) is 13.2 Å². The van der Waals surface area contributed by atoms with Crippen LogP contribution in [0.5, 0.6) is 0 Å². The Labute approximate surface area is 167 Å². The van der Waals surface area contributed by atoms with Crippen molar-refractivity contribution in [3.05, 3.63) is 29.3 Å². The second-order valence-electron chi connectivity index (χ2n) is 6.02. The van der Waals surface area contributed by atoms with Crippen LogP contribution in [0.15, 0.2) is 32.9 Å². The van der Waals surface area contributed by atoms with Crippen LogP contribution in [0, 0.1) is 0 Å². The average molecular weight is 427 g/mol. The summed E-state index contributed by atoms with van der Waals surface area (Å²) in [7, 11) is -3.50. The summed E-state index contributed by atoms with van der Waals surface area (Å²) in [6.45, 7) is 5.17. The molecule has 0 atom stereocenters. The predicted molar refractivity (Wildman–Crippen MR) is 108 cm³/mol. The fourth-order valence-corrected chi connectivity index (χ4v) is 6.01. The molecule has 2 aromatic rings. The van der Waals surface area contributed by atoms with Gasteiger partial charge in [0.15, 0.2) is 4.34 Å². The van der Waals surface area contributed by atoms with Gasteiger partial charge in [0.1, 0.15) is 5.51 Å². The highest BCUT2D eigenvalue weighted by molar-refractivity contribution is 8.01. The monoisotopic (exact) mass is 426 g/mol. The van der Waals surface area contributed by atoms with E-state index in [-0.39, 0.29) is 11.7 Å². The lowest BCUT2D eigenvalue weighted by atomic mass is 10.0. The van der Waals surface area contributed by atoms with Crippen LogP contribution in [0.2, 0.25) is 0 Å². The van der Waals surface area contributed by atoms with E-state index in [2.05, 4.69) is 10.2 Å². The topological polar surface area (TPSA) is 83.5 Å². The van der Waals surface area contributed by atoms with E-state index in [4.69, 9.17) is 0 Å². The third-order valence-corrected chi connectivity index (χ3v) is 8.36. The Morgan fingerprint density at radius 1 is 1.33 bits per heavy atom. The van der Waals surface area contributed by atoms with E-state index >= 15 is 0 Å². The summed E-state index contributed by atoms with van der Waals surface area (Å²) in [5.41, 5.74) is 3.35. The van der Waals surface area contributed by atoms with Gasteiger partial charge in [-0.15, -0.1) is 10.2 Å². The van der Waals surface area contributed by atoms with Crippen LogP contribution in [0.4, 0.5) is 5.69 Å². The number of hydrogen-bond acceptors (Lipinski definition) is 7. The van der Waals surface area contributed by atoms with E-state index in [1.807, 2.05) is 13.8 Å². The van der Waals surface area contributed by atoms with Gasteiger partial charge < -0.3 is 4.90 Å². The van der Waals surface area contributed by atoms with Crippen LogP contribution in [-0.2, 0) is 21.2 Å². The van der Waals surface area contributed by atoms with E-state index in [0.29, 0.717) is 24.5 Å². The number of hydrogen-bond donors (Lipinski definition) is 0. The maximum absolute atomic E-state index is 12.8. The lowest BCUT2D eigenvalue weighted by molar-refractivity contribution is -0.116. The van der Waals surface area contributed by atoms with E-state index in [0.717, 1.165) is 28.4 Å². The van der Waals surface area contributed by atoms with Gasteiger partial charge in [-0.2, -0.15) is 4.31 Å². The summed E-state index contributed by atoms with van der Waals surface area (Å²) in [6, 6.07) is 5.09. The smallest absolute Gasteiger partial charge is 0.243 e. The number of sulfonamides is 1. The lowest BCUT2D eigenvalue weighted by Crippen LogP contribution is -2.37. The Morgan fingerprint density at radius 3 is 2.78 bits per heavy atom. The molecule has 1 aromatic carbocycles. The number of benzene rings is 1. The van der Waals surface area contributed by atoms with Gasteiger partial charge in [-0.25, -0.2) is 8.42 Å². The molecule has 0 saturated heterocycles. The van der Waals surface area contributed by atoms with Crippen LogP contribution in [0.1, 0.15) is 25.8 Å². The summed E-state index contributed by atoms with van der Waals surface area (Å²) in [6.07, 6.45) is 1.58. The molecular weight excluding hydrogens is 404 g/mol. The molecule has 3 rings (SSSR count). The zero-order valence-electron chi connectivity index (χ0n) is 15.3. The number of fused-ring (bicyclic) bond motifs is 1. The van der Waals surface area contributed by atoms with Crippen molar-refractivity contribution in [1.82, 2.24) is 14.5 Å². The second kappa shape index (κ2) is 8.68. The van der Waals surface area contributed by atoms with Crippen molar-refractivity contribution in [2.45, 2.75) is 35.9 Å². The Morgan fingerprint density at radius 2 is 2.11 bits per heavy atom. The molecule has 0 spiro atoms. The van der Waals surface area contributed by atoms with Gasteiger partial charge in [0, 0.05) is 25.3 Å². The lowest BCUT2D eigenvalue weighted by Gasteiger charge is -2.30. The van der Waals surface area contributed by atoms with Crippen molar-refractivity contribution in [2.24, 2.45) is 0 Å². The average Bonchev–Trinajstić information content (AvgIpc) is 3.19. The molecule has 0 N–H and O–H groups in total. The van der Waals surface area contributed by atoms with Gasteiger partial charge in [0.05, 0.1) is 10.6 Å². The standard InChI is InChI=1S/C17H22N4O3S3/c1-3-20(4-2)27(23,24)14-7-8-15-13(10-14)6-5-9-21(15)16(22)11-25-17-19-18-12-26-17/h7-8,10,12H,3-6,9,11H2,1-2H3. The van der Waals surface area contributed by atoms with E-state index in [1.54, 1.807) is 28.6 Å². The first-order valence-electron chi connectivity index (χ1n) is 8.79. The molecule has 1 aliphatic rings. The minimum Gasteiger partial charge on any atom is -0.311 e. The summed E-state index contributed by atoms with van der Waals surface area (Å²) in [5, 5.41) is 7.71. The molecule has 0 unspecified atom stereocenters. The Kier molecular flexibility index (Phi) is 6.51. The van der Waals surface area contributed by atoms with Gasteiger partial charge >= 0.3 is 0 Å². The molecule has 0 fully saturated rings. The molecule has 10 heteroatoms. The first-order valence-corrected chi connectivity index (χ1v) is 12.1. The highest BCUT2D eigenvalue weighted by atomic mass is 32.2. The van der Waals surface area contributed by atoms with Crippen molar-refractivity contribution in [3.8, 4) is 0 Å². The maximum Gasteiger partial charge on any atom is 0.243 e. The Bertz CT molecular complexity index is 896. The van der Waals surface area contributed by atoms with Crippen LogP contribution in [0.3, 0.4) is 0 Å². The molecule has 27 heavy (non-hydrogen) atoms. The van der Waals surface area contributed by atoms with Crippen LogP contribution in [0.25, 0.3) is 0 Å². The van der Waals surface area contributed by atoms with Crippen molar-refractivity contribution < 1.29 is 13.2 Å². The molecule has 0 radical (unpaired) electrons. The highest BCUT2D eigenvalue weighted by Gasteiger charge is 2.27. The van der Waals surface area contributed by atoms with Gasteiger partial charge in [-0.1, -0.05) is 36.9 Å². The predicted octanol–water partition coefficient (Wildman–Crippen LogP) is 2.64.